The normalized spacial score (nSPS) is 11.4. The number of para-hydroxylation sites is 2. The SMILES string of the molecule is CC(Oc1ccccc1F)C(=O)NNC(=O)CCCOc1ccccc1Cl. The number of hydrogen-bond donors (Lipinski definition) is 2. The Kier molecular flexibility index (Phi) is 7.88. The van der Waals surface area contributed by atoms with E-state index < -0.39 is 17.8 Å². The van der Waals surface area contributed by atoms with Gasteiger partial charge in [0.2, 0.25) is 5.91 Å². The van der Waals surface area contributed by atoms with Crippen molar-refractivity contribution in [3.05, 3.63) is 59.4 Å². The predicted octanol–water partition coefficient (Wildman–Crippen LogP) is 3.25. The fraction of sp³-hybridized carbons (Fsp3) is 0.263. The molecule has 0 aromatic heterocycles. The molecule has 0 heterocycles. The summed E-state index contributed by atoms with van der Waals surface area (Å²) in [5, 5.41) is 0.498. The molecule has 1 atom stereocenters. The summed E-state index contributed by atoms with van der Waals surface area (Å²) < 4.78 is 24.2. The summed E-state index contributed by atoms with van der Waals surface area (Å²) >= 11 is 5.96. The van der Waals surface area contributed by atoms with Crippen molar-refractivity contribution in [2.24, 2.45) is 0 Å². The highest BCUT2D eigenvalue weighted by Crippen LogP contribution is 2.23. The van der Waals surface area contributed by atoms with Crippen LogP contribution in [-0.4, -0.2) is 24.5 Å². The van der Waals surface area contributed by atoms with E-state index in [-0.39, 0.29) is 18.1 Å². The number of halogens is 2. The van der Waals surface area contributed by atoms with Crippen molar-refractivity contribution in [1.82, 2.24) is 10.9 Å². The minimum absolute atomic E-state index is 0.0387. The molecule has 144 valence electrons. The fourth-order valence-electron chi connectivity index (χ4n) is 2.06. The van der Waals surface area contributed by atoms with Crippen LogP contribution in [0, 0.1) is 5.82 Å². The van der Waals surface area contributed by atoms with Crippen molar-refractivity contribution in [3.8, 4) is 11.5 Å². The Balaban J connectivity index is 1.65. The zero-order chi connectivity index (χ0) is 19.6. The maximum atomic E-state index is 13.5. The zero-order valence-electron chi connectivity index (χ0n) is 14.7. The molecule has 0 aliphatic rings. The van der Waals surface area contributed by atoms with Crippen LogP contribution in [0.15, 0.2) is 48.5 Å². The van der Waals surface area contributed by atoms with Gasteiger partial charge in [0, 0.05) is 6.42 Å². The molecular weight excluding hydrogens is 375 g/mol. The second-order valence-corrected chi connectivity index (χ2v) is 6.02. The van der Waals surface area contributed by atoms with E-state index in [2.05, 4.69) is 10.9 Å². The lowest BCUT2D eigenvalue weighted by Crippen LogP contribution is -2.47. The molecule has 1 unspecified atom stereocenters. The predicted molar refractivity (Wildman–Crippen MR) is 99.0 cm³/mol. The molecule has 0 aliphatic heterocycles. The fourth-order valence-corrected chi connectivity index (χ4v) is 2.25. The molecule has 2 rings (SSSR count). The van der Waals surface area contributed by atoms with E-state index in [0.29, 0.717) is 23.8 Å². The number of ether oxygens (including phenoxy) is 2. The molecule has 0 fully saturated rings. The first-order valence-corrected chi connectivity index (χ1v) is 8.72. The van der Waals surface area contributed by atoms with Crippen molar-refractivity contribution >= 4 is 23.4 Å². The van der Waals surface area contributed by atoms with E-state index in [0.717, 1.165) is 0 Å². The second kappa shape index (κ2) is 10.4. The maximum absolute atomic E-state index is 13.5. The van der Waals surface area contributed by atoms with Crippen LogP contribution in [0.1, 0.15) is 19.8 Å². The van der Waals surface area contributed by atoms with Crippen LogP contribution < -0.4 is 20.3 Å². The summed E-state index contributed by atoms with van der Waals surface area (Å²) in [6.45, 7) is 1.75. The van der Waals surface area contributed by atoms with Gasteiger partial charge in [-0.3, -0.25) is 20.4 Å². The number of nitrogens with one attached hydrogen (secondary N) is 2. The van der Waals surface area contributed by atoms with Crippen LogP contribution >= 0.6 is 11.6 Å². The number of hydrogen-bond acceptors (Lipinski definition) is 4. The molecule has 2 aromatic rings. The van der Waals surface area contributed by atoms with Gasteiger partial charge in [-0.2, -0.15) is 0 Å². The van der Waals surface area contributed by atoms with E-state index in [1.807, 2.05) is 0 Å². The first-order chi connectivity index (χ1) is 13.0. The molecule has 2 amide bonds. The van der Waals surface area contributed by atoms with Gasteiger partial charge in [0.1, 0.15) is 5.75 Å². The minimum atomic E-state index is -0.981. The first kappa shape index (κ1) is 20.5. The Bertz CT molecular complexity index is 788. The Morgan fingerprint density at radius 3 is 2.44 bits per heavy atom. The van der Waals surface area contributed by atoms with Crippen LogP contribution in [0.2, 0.25) is 5.02 Å². The average molecular weight is 395 g/mol. The summed E-state index contributed by atoms with van der Waals surface area (Å²) in [7, 11) is 0. The van der Waals surface area contributed by atoms with Crippen molar-refractivity contribution in [2.45, 2.75) is 25.9 Å². The van der Waals surface area contributed by atoms with Crippen LogP contribution in [-0.2, 0) is 9.59 Å². The quantitative estimate of drug-likeness (QED) is 0.532. The number of benzene rings is 2. The largest absolute Gasteiger partial charge is 0.492 e. The lowest BCUT2D eigenvalue weighted by Gasteiger charge is -2.15. The van der Waals surface area contributed by atoms with Gasteiger partial charge in [-0.05, 0) is 37.6 Å². The zero-order valence-corrected chi connectivity index (χ0v) is 15.5. The Morgan fingerprint density at radius 2 is 1.74 bits per heavy atom. The first-order valence-electron chi connectivity index (χ1n) is 8.34. The lowest BCUT2D eigenvalue weighted by molar-refractivity contribution is -0.132. The molecule has 2 N–H and O–H groups in total. The van der Waals surface area contributed by atoms with Crippen LogP contribution in [0.5, 0.6) is 11.5 Å². The molecule has 2 aromatic carbocycles. The molecule has 6 nitrogen and oxygen atoms in total. The van der Waals surface area contributed by atoms with Gasteiger partial charge in [-0.1, -0.05) is 35.9 Å². The topological polar surface area (TPSA) is 76.7 Å². The molecule has 0 saturated carbocycles. The standard InChI is InChI=1S/C19H20ClFN2O4/c1-13(27-17-10-5-3-8-15(17)21)19(25)23-22-18(24)11-6-12-26-16-9-4-2-7-14(16)20/h2-5,7-10,13H,6,11-12H2,1H3,(H,22,24)(H,23,25). The molecule has 0 bridgehead atoms. The number of hydrazine groups is 1. The summed E-state index contributed by atoms with van der Waals surface area (Å²) in [6, 6.07) is 12.8. The van der Waals surface area contributed by atoms with Crippen molar-refractivity contribution in [3.63, 3.8) is 0 Å². The van der Waals surface area contributed by atoms with Crippen molar-refractivity contribution in [2.75, 3.05) is 6.61 Å². The summed E-state index contributed by atoms with van der Waals surface area (Å²) in [6.07, 6.45) is -0.396. The number of rotatable bonds is 8. The molecular formula is C19H20ClFN2O4. The highest BCUT2D eigenvalue weighted by atomic mass is 35.5. The van der Waals surface area contributed by atoms with Gasteiger partial charge in [0.15, 0.2) is 17.7 Å². The molecule has 0 radical (unpaired) electrons. The van der Waals surface area contributed by atoms with Crippen LogP contribution in [0.4, 0.5) is 4.39 Å². The van der Waals surface area contributed by atoms with E-state index >= 15 is 0 Å². The van der Waals surface area contributed by atoms with Crippen molar-refractivity contribution in [1.29, 1.82) is 0 Å². The molecule has 0 saturated heterocycles. The summed E-state index contributed by atoms with van der Waals surface area (Å²) in [5.41, 5.74) is 4.52. The van der Waals surface area contributed by atoms with Crippen molar-refractivity contribution < 1.29 is 23.5 Å². The number of carbonyl (C=O) groups excluding carboxylic acids is 2. The number of carbonyl (C=O) groups is 2. The average Bonchev–Trinajstić information content (AvgIpc) is 2.66. The second-order valence-electron chi connectivity index (χ2n) is 5.61. The van der Waals surface area contributed by atoms with Gasteiger partial charge < -0.3 is 9.47 Å². The number of amides is 2. The van der Waals surface area contributed by atoms with E-state index in [1.54, 1.807) is 30.3 Å². The van der Waals surface area contributed by atoms with E-state index in [9.17, 15) is 14.0 Å². The van der Waals surface area contributed by atoms with Gasteiger partial charge in [-0.15, -0.1) is 0 Å². The molecule has 8 heteroatoms. The third kappa shape index (κ3) is 6.79. The third-order valence-electron chi connectivity index (χ3n) is 3.48. The third-order valence-corrected chi connectivity index (χ3v) is 3.79. The summed E-state index contributed by atoms with van der Waals surface area (Å²) in [4.78, 5) is 23.7. The highest BCUT2D eigenvalue weighted by Gasteiger charge is 2.17. The molecule has 0 spiro atoms. The molecule has 0 aliphatic carbocycles. The highest BCUT2D eigenvalue weighted by molar-refractivity contribution is 6.32. The van der Waals surface area contributed by atoms with Gasteiger partial charge >= 0.3 is 0 Å². The van der Waals surface area contributed by atoms with Crippen LogP contribution in [0.25, 0.3) is 0 Å². The minimum Gasteiger partial charge on any atom is -0.492 e. The Morgan fingerprint density at radius 1 is 1.07 bits per heavy atom. The van der Waals surface area contributed by atoms with Crippen LogP contribution in [0.3, 0.4) is 0 Å². The molecule has 27 heavy (non-hydrogen) atoms. The van der Waals surface area contributed by atoms with Gasteiger partial charge in [0.05, 0.1) is 11.6 Å². The van der Waals surface area contributed by atoms with Gasteiger partial charge in [-0.25, -0.2) is 4.39 Å². The smallest absolute Gasteiger partial charge is 0.279 e. The Labute approximate surface area is 161 Å². The van der Waals surface area contributed by atoms with E-state index in [4.69, 9.17) is 21.1 Å². The maximum Gasteiger partial charge on any atom is 0.279 e. The van der Waals surface area contributed by atoms with E-state index in [1.165, 1.54) is 25.1 Å². The Hall–Kier alpha value is -2.80. The summed E-state index contributed by atoms with van der Waals surface area (Å²) in [5.74, 6) is -1.04. The monoisotopic (exact) mass is 394 g/mol. The lowest BCUT2D eigenvalue weighted by atomic mass is 10.3. The van der Waals surface area contributed by atoms with Gasteiger partial charge in [0.25, 0.3) is 5.91 Å².